The smallest absolute Gasteiger partial charge is 0.282 e. The molecule has 0 bridgehead atoms. The minimum Gasteiger partial charge on any atom is -0.457 e. The summed E-state index contributed by atoms with van der Waals surface area (Å²) in [5, 5.41) is 6.07. The zero-order chi connectivity index (χ0) is 21.4. The third-order valence-electron chi connectivity index (χ3n) is 5.14. The van der Waals surface area contributed by atoms with E-state index in [1.165, 1.54) is 0 Å². The van der Waals surface area contributed by atoms with Gasteiger partial charge in [-0.1, -0.05) is 36.4 Å². The topological polar surface area (TPSA) is 104 Å². The van der Waals surface area contributed by atoms with E-state index in [1.54, 1.807) is 11.9 Å². The van der Waals surface area contributed by atoms with Crippen LogP contribution in [0.2, 0.25) is 0 Å². The highest BCUT2D eigenvalue weighted by molar-refractivity contribution is 6.14. The molecule has 2 aliphatic heterocycles. The molecule has 2 aliphatic rings. The maximum absolute atomic E-state index is 13.1. The Morgan fingerprint density at radius 3 is 2.39 bits per heavy atom. The molecule has 1 atom stereocenters. The van der Waals surface area contributed by atoms with Crippen molar-refractivity contribution in [3.05, 3.63) is 84.4 Å². The molecule has 1 spiro atoms. The predicted octanol–water partition coefficient (Wildman–Crippen LogP) is 2.99. The Balaban J connectivity index is 1.41. The lowest BCUT2D eigenvalue weighted by molar-refractivity contribution is -0.122. The van der Waals surface area contributed by atoms with Gasteiger partial charge in [-0.2, -0.15) is 0 Å². The second-order valence-electron chi connectivity index (χ2n) is 7.20. The van der Waals surface area contributed by atoms with Crippen LogP contribution in [-0.2, 0) is 10.5 Å². The molecule has 5 rings (SSSR count). The van der Waals surface area contributed by atoms with Crippen LogP contribution in [0.15, 0.2) is 88.8 Å². The lowest BCUT2D eigenvalue weighted by Gasteiger charge is -2.26. The Morgan fingerprint density at radius 1 is 0.935 bits per heavy atom. The van der Waals surface area contributed by atoms with Crippen molar-refractivity contribution in [2.24, 2.45) is 15.7 Å². The molecular weight excluding hydrogens is 392 g/mol. The highest BCUT2D eigenvalue weighted by Gasteiger charge is 2.52. The Labute approximate surface area is 179 Å². The van der Waals surface area contributed by atoms with Crippen LogP contribution >= 0.6 is 0 Å². The van der Waals surface area contributed by atoms with E-state index >= 15 is 0 Å². The Bertz CT molecular complexity index is 1210. The molecule has 0 saturated heterocycles. The van der Waals surface area contributed by atoms with E-state index in [0.717, 1.165) is 17.1 Å². The number of nitrogens with two attached hydrogens (primary N) is 1. The number of hydrogen-bond donors (Lipinski definition) is 3. The maximum atomic E-state index is 13.1. The van der Waals surface area contributed by atoms with Crippen molar-refractivity contribution in [3.63, 3.8) is 0 Å². The van der Waals surface area contributed by atoms with E-state index in [2.05, 4.69) is 20.6 Å². The fraction of sp³-hybridized carbons (Fsp3) is 0.0870. The number of para-hydroxylation sites is 2. The number of anilines is 2. The van der Waals surface area contributed by atoms with Crippen molar-refractivity contribution in [1.82, 2.24) is 5.32 Å². The molecule has 154 valence electrons. The quantitative estimate of drug-likeness (QED) is 0.614. The fourth-order valence-corrected chi connectivity index (χ4v) is 3.70. The van der Waals surface area contributed by atoms with Gasteiger partial charge in [-0.05, 0) is 42.5 Å². The van der Waals surface area contributed by atoms with E-state index < -0.39 is 5.66 Å². The van der Waals surface area contributed by atoms with Crippen molar-refractivity contribution in [2.45, 2.75) is 5.66 Å². The molecule has 1 unspecified atom stereocenters. The molecule has 0 fully saturated rings. The van der Waals surface area contributed by atoms with Crippen LogP contribution in [0, 0.1) is 0 Å². The van der Waals surface area contributed by atoms with Gasteiger partial charge in [0.1, 0.15) is 11.5 Å². The van der Waals surface area contributed by atoms with Gasteiger partial charge in [-0.15, -0.1) is 0 Å². The van der Waals surface area contributed by atoms with Crippen LogP contribution < -0.4 is 26.0 Å². The van der Waals surface area contributed by atoms with E-state index in [-0.39, 0.29) is 11.9 Å². The van der Waals surface area contributed by atoms with E-state index in [9.17, 15) is 4.79 Å². The predicted molar refractivity (Wildman–Crippen MR) is 120 cm³/mol. The van der Waals surface area contributed by atoms with Gasteiger partial charge in [0.05, 0.1) is 5.69 Å². The van der Waals surface area contributed by atoms with Gasteiger partial charge in [0, 0.05) is 18.3 Å². The van der Waals surface area contributed by atoms with E-state index in [1.807, 2.05) is 78.9 Å². The van der Waals surface area contributed by atoms with Crippen LogP contribution in [0.25, 0.3) is 0 Å². The van der Waals surface area contributed by atoms with Crippen LogP contribution in [-0.4, -0.2) is 24.9 Å². The molecule has 8 heteroatoms. The molecular formula is C23H20N6O2. The van der Waals surface area contributed by atoms with E-state index in [0.29, 0.717) is 17.3 Å². The van der Waals surface area contributed by atoms with Crippen molar-refractivity contribution in [1.29, 1.82) is 0 Å². The van der Waals surface area contributed by atoms with Gasteiger partial charge < -0.3 is 20.7 Å². The minimum absolute atomic E-state index is 0.111. The Hall–Kier alpha value is -4.33. The third-order valence-corrected chi connectivity index (χ3v) is 5.14. The zero-order valence-corrected chi connectivity index (χ0v) is 16.7. The highest BCUT2D eigenvalue weighted by atomic mass is 16.5. The average Bonchev–Trinajstić information content (AvgIpc) is 2.97. The van der Waals surface area contributed by atoms with Crippen molar-refractivity contribution in [2.75, 3.05) is 17.3 Å². The molecule has 3 aromatic rings. The fourth-order valence-electron chi connectivity index (χ4n) is 3.70. The lowest BCUT2D eigenvalue weighted by atomic mass is 10.0. The van der Waals surface area contributed by atoms with Gasteiger partial charge in [0.25, 0.3) is 11.6 Å². The molecule has 2 heterocycles. The number of hydrogen-bond acceptors (Lipinski definition) is 7. The molecule has 31 heavy (non-hydrogen) atoms. The standard InChI is InChI=1S/C23H20N6O2/c1-29-19-10-6-5-9-18(19)23(20(29)30)27-21(24)26-22(28-23)25-15-11-13-17(14-12-15)31-16-7-3-2-4-8-16/h2-14H,1H3,(H4,24,25,26,27,28). The molecule has 8 nitrogen and oxygen atoms in total. The number of nitrogens with one attached hydrogen (secondary N) is 2. The normalized spacial score (nSPS) is 19.4. The highest BCUT2D eigenvalue weighted by Crippen LogP contribution is 2.43. The number of likely N-dealkylation sites (N-methyl/N-ethyl adjacent to an activating group) is 1. The van der Waals surface area contributed by atoms with Crippen LogP contribution in [0.4, 0.5) is 11.4 Å². The molecule has 0 aromatic heterocycles. The number of carbonyl (C=O) groups is 1. The van der Waals surface area contributed by atoms with Gasteiger partial charge in [0.2, 0.25) is 5.96 Å². The first-order valence-corrected chi connectivity index (χ1v) is 9.75. The zero-order valence-electron chi connectivity index (χ0n) is 16.7. The van der Waals surface area contributed by atoms with Crippen LogP contribution in [0.1, 0.15) is 5.56 Å². The second kappa shape index (κ2) is 7.17. The summed E-state index contributed by atoms with van der Waals surface area (Å²) >= 11 is 0. The number of carbonyl (C=O) groups excluding carboxylic acids is 1. The molecule has 0 saturated carbocycles. The number of benzene rings is 3. The number of rotatable bonds is 3. The second-order valence-corrected chi connectivity index (χ2v) is 7.20. The summed E-state index contributed by atoms with van der Waals surface area (Å²) in [6.45, 7) is 0. The van der Waals surface area contributed by atoms with E-state index in [4.69, 9.17) is 10.5 Å². The molecule has 3 aromatic carbocycles. The number of guanidine groups is 2. The van der Waals surface area contributed by atoms with Gasteiger partial charge in [-0.3, -0.25) is 10.1 Å². The summed E-state index contributed by atoms with van der Waals surface area (Å²) in [6.07, 6.45) is 0. The maximum Gasteiger partial charge on any atom is 0.282 e. The van der Waals surface area contributed by atoms with Crippen molar-refractivity contribution < 1.29 is 9.53 Å². The molecule has 0 aliphatic carbocycles. The monoisotopic (exact) mass is 412 g/mol. The van der Waals surface area contributed by atoms with Gasteiger partial charge >= 0.3 is 0 Å². The summed E-state index contributed by atoms with van der Waals surface area (Å²) in [5.74, 6) is 1.65. The van der Waals surface area contributed by atoms with Crippen molar-refractivity contribution in [3.8, 4) is 11.5 Å². The molecule has 1 amide bonds. The van der Waals surface area contributed by atoms with Crippen LogP contribution in [0.3, 0.4) is 0 Å². The third kappa shape index (κ3) is 3.24. The first-order chi connectivity index (χ1) is 15.0. The largest absolute Gasteiger partial charge is 0.457 e. The molecule has 4 N–H and O–H groups in total. The van der Waals surface area contributed by atoms with Crippen molar-refractivity contribution >= 4 is 29.2 Å². The summed E-state index contributed by atoms with van der Waals surface area (Å²) in [7, 11) is 1.71. The minimum atomic E-state index is -1.43. The molecule has 0 radical (unpaired) electrons. The summed E-state index contributed by atoms with van der Waals surface area (Å²) in [4.78, 5) is 23.6. The SMILES string of the molecule is CN1C(=O)C2(N=C(N)NC(Nc3ccc(Oc4ccccc4)cc3)=N2)c2ccccc21. The number of nitrogens with zero attached hydrogens (tertiary/aromatic N) is 3. The average molecular weight is 412 g/mol. The van der Waals surface area contributed by atoms with Crippen LogP contribution in [0.5, 0.6) is 11.5 Å². The summed E-state index contributed by atoms with van der Waals surface area (Å²) < 4.78 is 5.82. The van der Waals surface area contributed by atoms with Gasteiger partial charge in [-0.25, -0.2) is 9.98 Å². The number of amides is 1. The number of aliphatic imine (C=N–C) groups is 2. The first kappa shape index (κ1) is 18.7. The van der Waals surface area contributed by atoms with Gasteiger partial charge in [0.15, 0.2) is 5.96 Å². The number of fused-ring (bicyclic) bond motifs is 2. The Morgan fingerprint density at radius 2 is 1.61 bits per heavy atom. The summed E-state index contributed by atoms with van der Waals surface area (Å²) in [6, 6.07) is 24.4. The lowest BCUT2D eigenvalue weighted by Crippen LogP contribution is -2.50. The Kier molecular flexibility index (Phi) is 4.32. The number of ether oxygens (including phenoxy) is 1. The summed E-state index contributed by atoms with van der Waals surface area (Å²) in [5.41, 5.74) is 6.81. The first-order valence-electron chi connectivity index (χ1n) is 9.75.